The molecule has 25 heavy (non-hydrogen) atoms. The number of hydrogen-bond acceptors (Lipinski definition) is 4. The van der Waals surface area contributed by atoms with Crippen LogP contribution in [-0.2, 0) is 20.7 Å². The second-order valence-electron chi connectivity index (χ2n) is 5.76. The molecule has 0 unspecified atom stereocenters. The molecule has 2 aromatic carbocycles. The molecule has 0 spiro atoms. The maximum Gasteiger partial charge on any atom is 0.310 e. The van der Waals surface area contributed by atoms with Crippen LogP contribution in [0, 0.1) is 13.8 Å². The van der Waals surface area contributed by atoms with Gasteiger partial charge in [-0.15, -0.1) is 0 Å². The van der Waals surface area contributed by atoms with E-state index in [0.29, 0.717) is 12.3 Å². The van der Waals surface area contributed by atoms with Crippen molar-refractivity contribution < 1.29 is 19.1 Å². The van der Waals surface area contributed by atoms with Gasteiger partial charge in [0.15, 0.2) is 6.61 Å². The molecule has 0 fully saturated rings. The van der Waals surface area contributed by atoms with E-state index in [1.54, 1.807) is 24.3 Å². The molecule has 0 heterocycles. The van der Waals surface area contributed by atoms with E-state index >= 15 is 0 Å². The first-order valence-corrected chi connectivity index (χ1v) is 8.22. The lowest BCUT2D eigenvalue weighted by Crippen LogP contribution is -2.21. The molecule has 2 aromatic rings. The third-order valence-corrected chi connectivity index (χ3v) is 3.73. The molecule has 0 saturated heterocycles. The number of nitrogens with one attached hydrogen (secondary N) is 1. The highest BCUT2D eigenvalue weighted by Crippen LogP contribution is 2.15. The maximum atomic E-state index is 11.9. The van der Waals surface area contributed by atoms with Gasteiger partial charge in [-0.2, -0.15) is 0 Å². The Kier molecular flexibility index (Phi) is 6.57. The first kappa shape index (κ1) is 18.5. The number of carbonyl (C=O) groups is 2. The second kappa shape index (κ2) is 8.87. The molecule has 1 amide bonds. The summed E-state index contributed by atoms with van der Waals surface area (Å²) >= 11 is 0. The standard InChI is InChI=1S/C20H23NO4/c1-4-24-18-9-7-17(8-10-18)21-19(22)13-25-20(23)12-16-6-5-14(2)15(3)11-16/h5-11H,4,12-13H2,1-3H3,(H,21,22). The van der Waals surface area contributed by atoms with Crippen molar-refractivity contribution in [1.82, 2.24) is 0 Å². The molecule has 5 heteroatoms. The third-order valence-electron chi connectivity index (χ3n) is 3.73. The molecule has 5 nitrogen and oxygen atoms in total. The van der Waals surface area contributed by atoms with E-state index in [-0.39, 0.29) is 18.9 Å². The Labute approximate surface area is 148 Å². The number of aryl methyl sites for hydroxylation is 2. The first-order valence-electron chi connectivity index (χ1n) is 8.22. The average molecular weight is 341 g/mol. The number of benzene rings is 2. The zero-order valence-electron chi connectivity index (χ0n) is 14.8. The van der Waals surface area contributed by atoms with E-state index in [0.717, 1.165) is 16.9 Å². The van der Waals surface area contributed by atoms with Crippen LogP contribution in [0.1, 0.15) is 23.6 Å². The fraction of sp³-hybridized carbons (Fsp3) is 0.300. The van der Waals surface area contributed by atoms with Gasteiger partial charge in [0.25, 0.3) is 5.91 Å². The highest BCUT2D eigenvalue weighted by molar-refractivity contribution is 5.92. The van der Waals surface area contributed by atoms with Crippen LogP contribution >= 0.6 is 0 Å². The molecule has 1 N–H and O–H groups in total. The van der Waals surface area contributed by atoms with Crippen molar-refractivity contribution in [3.8, 4) is 5.75 Å². The third kappa shape index (κ3) is 5.95. The van der Waals surface area contributed by atoms with Crippen molar-refractivity contribution in [2.45, 2.75) is 27.2 Å². The zero-order chi connectivity index (χ0) is 18.2. The topological polar surface area (TPSA) is 64.6 Å². The smallest absolute Gasteiger partial charge is 0.310 e. The molecular weight excluding hydrogens is 318 g/mol. The van der Waals surface area contributed by atoms with E-state index in [4.69, 9.17) is 9.47 Å². The SMILES string of the molecule is CCOc1ccc(NC(=O)COC(=O)Cc2ccc(C)c(C)c2)cc1. The van der Waals surface area contributed by atoms with Crippen molar-refractivity contribution >= 4 is 17.6 Å². The van der Waals surface area contributed by atoms with Crippen LogP contribution in [0.2, 0.25) is 0 Å². The van der Waals surface area contributed by atoms with Gasteiger partial charge >= 0.3 is 5.97 Å². The number of esters is 1. The van der Waals surface area contributed by atoms with E-state index in [1.807, 2.05) is 39.0 Å². The molecule has 2 rings (SSSR count). The van der Waals surface area contributed by atoms with E-state index < -0.39 is 5.97 Å². The van der Waals surface area contributed by atoms with Crippen LogP contribution < -0.4 is 10.1 Å². The molecule has 0 aromatic heterocycles. The molecular formula is C20H23NO4. The molecule has 0 radical (unpaired) electrons. The van der Waals surface area contributed by atoms with Gasteiger partial charge in [0.1, 0.15) is 5.75 Å². The van der Waals surface area contributed by atoms with Crippen molar-refractivity contribution in [3.63, 3.8) is 0 Å². The normalized spacial score (nSPS) is 10.2. The highest BCUT2D eigenvalue weighted by atomic mass is 16.5. The summed E-state index contributed by atoms with van der Waals surface area (Å²) in [4.78, 5) is 23.7. The summed E-state index contributed by atoms with van der Waals surface area (Å²) in [6.45, 7) is 6.19. The number of anilines is 1. The van der Waals surface area contributed by atoms with Gasteiger partial charge in [-0.1, -0.05) is 18.2 Å². The summed E-state index contributed by atoms with van der Waals surface area (Å²) in [5, 5.41) is 2.68. The Morgan fingerprint density at radius 1 is 1.00 bits per heavy atom. The highest BCUT2D eigenvalue weighted by Gasteiger charge is 2.09. The summed E-state index contributed by atoms with van der Waals surface area (Å²) in [7, 11) is 0. The van der Waals surface area contributed by atoms with E-state index in [2.05, 4.69) is 5.32 Å². The van der Waals surface area contributed by atoms with Gasteiger partial charge in [-0.05, 0) is 61.7 Å². The molecule has 0 bridgehead atoms. The summed E-state index contributed by atoms with van der Waals surface area (Å²) in [5.41, 5.74) is 3.80. The Morgan fingerprint density at radius 2 is 1.72 bits per heavy atom. The average Bonchev–Trinajstić information content (AvgIpc) is 2.58. The van der Waals surface area contributed by atoms with Gasteiger partial charge in [0.2, 0.25) is 0 Å². The number of rotatable bonds is 7. The Hall–Kier alpha value is -2.82. The van der Waals surface area contributed by atoms with Crippen molar-refractivity contribution in [1.29, 1.82) is 0 Å². The Morgan fingerprint density at radius 3 is 2.36 bits per heavy atom. The maximum absolute atomic E-state index is 11.9. The van der Waals surface area contributed by atoms with Crippen molar-refractivity contribution in [2.75, 3.05) is 18.5 Å². The number of hydrogen-bond donors (Lipinski definition) is 1. The van der Waals surface area contributed by atoms with Crippen LogP contribution in [0.5, 0.6) is 5.75 Å². The fourth-order valence-corrected chi connectivity index (χ4v) is 2.28. The Balaban J connectivity index is 1.78. The molecule has 0 saturated carbocycles. The lowest BCUT2D eigenvalue weighted by molar-refractivity contribution is -0.146. The van der Waals surface area contributed by atoms with Crippen LogP contribution in [0.15, 0.2) is 42.5 Å². The quantitative estimate of drug-likeness (QED) is 0.784. The van der Waals surface area contributed by atoms with Gasteiger partial charge in [0.05, 0.1) is 13.0 Å². The molecule has 0 aliphatic rings. The monoisotopic (exact) mass is 341 g/mol. The van der Waals surface area contributed by atoms with Gasteiger partial charge in [0, 0.05) is 5.69 Å². The van der Waals surface area contributed by atoms with Crippen molar-refractivity contribution in [2.24, 2.45) is 0 Å². The second-order valence-corrected chi connectivity index (χ2v) is 5.76. The minimum atomic E-state index is -0.426. The lowest BCUT2D eigenvalue weighted by atomic mass is 10.0. The van der Waals surface area contributed by atoms with Crippen LogP contribution in [0.25, 0.3) is 0 Å². The largest absolute Gasteiger partial charge is 0.494 e. The first-order chi connectivity index (χ1) is 12.0. The molecule has 0 atom stereocenters. The summed E-state index contributed by atoms with van der Waals surface area (Å²) in [5.74, 6) is -0.0667. The minimum Gasteiger partial charge on any atom is -0.494 e. The number of amides is 1. The molecule has 132 valence electrons. The fourth-order valence-electron chi connectivity index (χ4n) is 2.28. The van der Waals surface area contributed by atoms with Crippen LogP contribution in [0.4, 0.5) is 5.69 Å². The predicted molar refractivity (Wildman–Crippen MR) is 96.8 cm³/mol. The van der Waals surface area contributed by atoms with Crippen LogP contribution in [0.3, 0.4) is 0 Å². The van der Waals surface area contributed by atoms with Crippen LogP contribution in [-0.4, -0.2) is 25.1 Å². The zero-order valence-corrected chi connectivity index (χ0v) is 14.8. The van der Waals surface area contributed by atoms with Gasteiger partial charge in [-0.25, -0.2) is 0 Å². The number of ether oxygens (including phenoxy) is 2. The molecule has 0 aliphatic heterocycles. The predicted octanol–water partition coefficient (Wildman–Crippen LogP) is 3.43. The van der Waals surface area contributed by atoms with E-state index in [1.165, 1.54) is 5.56 Å². The summed E-state index contributed by atoms with van der Waals surface area (Å²) < 4.78 is 10.4. The summed E-state index contributed by atoms with van der Waals surface area (Å²) in [6, 6.07) is 12.8. The minimum absolute atomic E-state index is 0.150. The van der Waals surface area contributed by atoms with Gasteiger partial charge in [-0.3, -0.25) is 9.59 Å². The summed E-state index contributed by atoms with van der Waals surface area (Å²) in [6.07, 6.45) is 0.150. The van der Waals surface area contributed by atoms with Gasteiger partial charge < -0.3 is 14.8 Å². The van der Waals surface area contributed by atoms with Crippen molar-refractivity contribution in [3.05, 3.63) is 59.2 Å². The lowest BCUT2D eigenvalue weighted by Gasteiger charge is -2.08. The molecule has 0 aliphatic carbocycles. The number of carbonyl (C=O) groups excluding carboxylic acids is 2. The van der Waals surface area contributed by atoms with E-state index in [9.17, 15) is 9.59 Å². The Bertz CT molecular complexity index is 738.